The minimum Gasteiger partial charge on any atom is -0.497 e. The number of aromatic nitrogens is 2. The van der Waals surface area contributed by atoms with Crippen LogP contribution in [0, 0.1) is 0 Å². The van der Waals surface area contributed by atoms with E-state index in [1.165, 1.54) is 17.4 Å². The van der Waals surface area contributed by atoms with Crippen molar-refractivity contribution in [2.75, 3.05) is 23.0 Å². The third-order valence-electron chi connectivity index (χ3n) is 4.38. The van der Waals surface area contributed by atoms with Crippen LogP contribution in [0.1, 0.15) is 13.3 Å². The molecule has 11 heteroatoms. The van der Waals surface area contributed by atoms with E-state index in [-0.39, 0.29) is 11.6 Å². The maximum absolute atomic E-state index is 13.0. The van der Waals surface area contributed by atoms with Gasteiger partial charge in [-0.05, 0) is 48.9 Å². The average Bonchev–Trinajstić information content (AvgIpc) is 3.19. The Balaban J connectivity index is 1.84. The molecule has 0 fully saturated rings. The van der Waals surface area contributed by atoms with Crippen molar-refractivity contribution in [1.29, 1.82) is 0 Å². The number of benzene rings is 2. The van der Waals surface area contributed by atoms with Gasteiger partial charge in [0.1, 0.15) is 16.8 Å². The van der Waals surface area contributed by atoms with E-state index in [0.717, 1.165) is 21.9 Å². The summed E-state index contributed by atoms with van der Waals surface area (Å²) in [6.45, 7) is 1.73. The van der Waals surface area contributed by atoms with Crippen molar-refractivity contribution in [2.45, 2.75) is 19.4 Å². The number of hydrogen-bond donors (Lipinski definition) is 1. The molecular formula is C20H21ClN4O4S2. The third kappa shape index (κ3) is 5.52. The van der Waals surface area contributed by atoms with E-state index in [4.69, 9.17) is 16.3 Å². The predicted octanol–water partition coefficient (Wildman–Crippen LogP) is 4.05. The molecule has 0 saturated carbocycles. The molecule has 0 aliphatic heterocycles. The molecule has 164 valence electrons. The van der Waals surface area contributed by atoms with Crippen molar-refractivity contribution in [1.82, 2.24) is 10.2 Å². The second-order valence-electron chi connectivity index (χ2n) is 6.59. The molecule has 1 aromatic heterocycles. The van der Waals surface area contributed by atoms with Crippen molar-refractivity contribution in [2.24, 2.45) is 0 Å². The number of nitrogens with one attached hydrogen (secondary N) is 1. The van der Waals surface area contributed by atoms with Crippen molar-refractivity contribution in [3.8, 4) is 16.3 Å². The first-order valence-electron chi connectivity index (χ1n) is 9.26. The number of carbonyl (C=O) groups is 1. The van der Waals surface area contributed by atoms with Gasteiger partial charge in [-0.3, -0.25) is 14.4 Å². The molecule has 1 heterocycles. The van der Waals surface area contributed by atoms with E-state index in [9.17, 15) is 13.2 Å². The SMILES string of the molecule is CC[C@@H](C(=O)Nc1nnc(-c2ccc(OC)cc2)s1)N(c1cccc(Cl)c1)S(C)(=O)=O. The van der Waals surface area contributed by atoms with E-state index < -0.39 is 22.0 Å². The van der Waals surface area contributed by atoms with Gasteiger partial charge < -0.3 is 4.74 Å². The lowest BCUT2D eigenvalue weighted by Gasteiger charge is -2.29. The summed E-state index contributed by atoms with van der Waals surface area (Å²) >= 11 is 7.22. The molecule has 3 rings (SSSR count). The van der Waals surface area contributed by atoms with Crippen LogP contribution in [0.2, 0.25) is 5.02 Å². The highest BCUT2D eigenvalue weighted by atomic mass is 35.5. The quantitative estimate of drug-likeness (QED) is 0.522. The summed E-state index contributed by atoms with van der Waals surface area (Å²) in [6, 6.07) is 12.7. The van der Waals surface area contributed by atoms with Crippen LogP contribution in [-0.2, 0) is 14.8 Å². The number of ether oxygens (including phenoxy) is 1. The van der Waals surface area contributed by atoms with Gasteiger partial charge in [-0.2, -0.15) is 0 Å². The Bertz CT molecular complexity index is 1170. The first kappa shape index (κ1) is 23.0. The maximum atomic E-state index is 13.0. The van der Waals surface area contributed by atoms with Crippen LogP contribution < -0.4 is 14.4 Å². The highest BCUT2D eigenvalue weighted by Gasteiger charge is 2.32. The van der Waals surface area contributed by atoms with Crippen molar-refractivity contribution in [3.63, 3.8) is 0 Å². The van der Waals surface area contributed by atoms with Crippen LogP contribution in [-0.4, -0.2) is 43.9 Å². The van der Waals surface area contributed by atoms with Gasteiger partial charge in [0.25, 0.3) is 0 Å². The van der Waals surface area contributed by atoms with E-state index in [0.29, 0.717) is 15.7 Å². The Labute approximate surface area is 189 Å². The zero-order valence-electron chi connectivity index (χ0n) is 17.1. The number of amides is 1. The number of nitrogens with zero attached hydrogens (tertiary/aromatic N) is 3. The zero-order chi connectivity index (χ0) is 22.6. The van der Waals surface area contributed by atoms with Crippen LogP contribution in [0.4, 0.5) is 10.8 Å². The monoisotopic (exact) mass is 480 g/mol. The second-order valence-corrected chi connectivity index (χ2v) is 9.87. The lowest BCUT2D eigenvalue weighted by Crippen LogP contribution is -2.47. The molecule has 0 spiro atoms. The fourth-order valence-electron chi connectivity index (χ4n) is 2.99. The highest BCUT2D eigenvalue weighted by molar-refractivity contribution is 7.92. The smallest absolute Gasteiger partial charge is 0.250 e. The number of rotatable bonds is 8. The maximum Gasteiger partial charge on any atom is 0.250 e. The van der Waals surface area contributed by atoms with Gasteiger partial charge in [-0.25, -0.2) is 8.42 Å². The van der Waals surface area contributed by atoms with Crippen LogP contribution in [0.15, 0.2) is 48.5 Å². The minimum atomic E-state index is -3.76. The Morgan fingerprint density at radius 2 is 1.94 bits per heavy atom. The Hall–Kier alpha value is -2.69. The van der Waals surface area contributed by atoms with Crippen LogP contribution >= 0.6 is 22.9 Å². The zero-order valence-corrected chi connectivity index (χ0v) is 19.5. The lowest BCUT2D eigenvalue weighted by atomic mass is 10.2. The molecule has 0 unspecified atom stereocenters. The Kier molecular flexibility index (Phi) is 7.14. The molecule has 2 aromatic carbocycles. The fraction of sp³-hybridized carbons (Fsp3) is 0.250. The van der Waals surface area contributed by atoms with Crippen molar-refractivity contribution in [3.05, 3.63) is 53.6 Å². The number of sulfonamides is 1. The number of anilines is 2. The van der Waals surface area contributed by atoms with Gasteiger partial charge in [0.15, 0.2) is 0 Å². The van der Waals surface area contributed by atoms with Crippen molar-refractivity contribution >= 4 is 49.7 Å². The van der Waals surface area contributed by atoms with Crippen LogP contribution in [0.25, 0.3) is 10.6 Å². The standard InChI is InChI=1S/C20H21ClN4O4S2/c1-4-17(25(31(3,27)28)15-7-5-6-14(21)12-15)18(26)22-20-24-23-19(30-20)13-8-10-16(29-2)11-9-13/h5-12,17H,4H2,1-3H3,(H,22,24,26)/t17-/m0/s1. The van der Waals surface area contributed by atoms with E-state index in [1.807, 2.05) is 12.1 Å². The van der Waals surface area contributed by atoms with Gasteiger partial charge in [0.2, 0.25) is 21.1 Å². The second kappa shape index (κ2) is 9.63. The molecular weight excluding hydrogens is 460 g/mol. The summed E-state index contributed by atoms with van der Waals surface area (Å²) in [6.07, 6.45) is 1.30. The number of hydrogen-bond acceptors (Lipinski definition) is 7. The van der Waals surface area contributed by atoms with E-state index in [2.05, 4.69) is 15.5 Å². The molecule has 8 nitrogen and oxygen atoms in total. The molecule has 31 heavy (non-hydrogen) atoms. The summed E-state index contributed by atoms with van der Waals surface area (Å²) in [7, 11) is -2.17. The molecule has 0 aliphatic rings. The summed E-state index contributed by atoms with van der Waals surface area (Å²) in [4.78, 5) is 13.0. The number of carbonyl (C=O) groups excluding carboxylic acids is 1. The van der Waals surface area contributed by atoms with Gasteiger partial charge in [-0.1, -0.05) is 35.9 Å². The van der Waals surface area contributed by atoms with Crippen LogP contribution in [0.3, 0.4) is 0 Å². The summed E-state index contributed by atoms with van der Waals surface area (Å²) in [5, 5.41) is 12.1. The first-order valence-corrected chi connectivity index (χ1v) is 12.3. The fourth-order valence-corrected chi connectivity index (χ4v) is 5.13. The summed E-state index contributed by atoms with van der Waals surface area (Å²) < 4.78 is 31.2. The van der Waals surface area contributed by atoms with Gasteiger partial charge in [0, 0.05) is 10.6 Å². The minimum absolute atomic E-state index is 0.246. The first-order chi connectivity index (χ1) is 14.7. The summed E-state index contributed by atoms with van der Waals surface area (Å²) in [5.74, 6) is 0.208. The normalized spacial score (nSPS) is 12.3. The molecule has 0 saturated heterocycles. The number of methoxy groups -OCH3 is 1. The van der Waals surface area contributed by atoms with E-state index in [1.54, 1.807) is 44.4 Å². The van der Waals surface area contributed by atoms with Gasteiger partial charge in [-0.15, -0.1) is 10.2 Å². The van der Waals surface area contributed by atoms with Crippen LogP contribution in [0.5, 0.6) is 5.75 Å². The molecule has 1 amide bonds. The van der Waals surface area contributed by atoms with Gasteiger partial charge in [0.05, 0.1) is 19.1 Å². The highest BCUT2D eigenvalue weighted by Crippen LogP contribution is 2.29. The average molecular weight is 481 g/mol. The molecule has 0 radical (unpaired) electrons. The van der Waals surface area contributed by atoms with Crippen molar-refractivity contribution < 1.29 is 17.9 Å². The number of halogens is 1. The Morgan fingerprint density at radius 1 is 1.23 bits per heavy atom. The lowest BCUT2D eigenvalue weighted by molar-refractivity contribution is -0.117. The van der Waals surface area contributed by atoms with Gasteiger partial charge >= 0.3 is 0 Å². The molecule has 1 atom stereocenters. The molecule has 0 bridgehead atoms. The molecule has 0 aliphatic carbocycles. The largest absolute Gasteiger partial charge is 0.497 e. The molecule has 3 aromatic rings. The third-order valence-corrected chi connectivity index (χ3v) is 6.69. The van der Waals surface area contributed by atoms with E-state index >= 15 is 0 Å². The Morgan fingerprint density at radius 3 is 2.52 bits per heavy atom. The topological polar surface area (TPSA) is 101 Å². The molecule has 1 N–H and O–H groups in total. The summed E-state index contributed by atoms with van der Waals surface area (Å²) in [5.41, 5.74) is 1.13. The predicted molar refractivity (Wildman–Crippen MR) is 123 cm³/mol.